The lowest BCUT2D eigenvalue weighted by atomic mass is 9.95. The first-order valence-corrected chi connectivity index (χ1v) is 12.4. The van der Waals surface area contributed by atoms with E-state index in [1.54, 1.807) is 49.4 Å². The fraction of sp³-hybridized carbons (Fsp3) is 0.192. The number of rotatable bonds is 7. The molecule has 5 nitrogen and oxygen atoms in total. The molecule has 0 bridgehead atoms. The molecule has 4 rings (SSSR count). The normalized spacial score (nSPS) is 12.1. The van der Waals surface area contributed by atoms with Gasteiger partial charge in [-0.15, -0.1) is 0 Å². The van der Waals surface area contributed by atoms with Crippen LogP contribution >= 0.6 is 0 Å². The van der Waals surface area contributed by atoms with Gasteiger partial charge in [-0.25, -0.2) is 13.1 Å². The van der Waals surface area contributed by atoms with Gasteiger partial charge >= 0.3 is 6.18 Å². The minimum absolute atomic E-state index is 0.0789. The van der Waals surface area contributed by atoms with Gasteiger partial charge in [-0.1, -0.05) is 37.3 Å². The third kappa shape index (κ3) is 5.31. The summed E-state index contributed by atoms with van der Waals surface area (Å²) in [5.74, 6) is 0.729. The molecule has 0 aliphatic carbocycles. The highest BCUT2D eigenvalue weighted by molar-refractivity contribution is 7.89. The van der Waals surface area contributed by atoms with Crippen LogP contribution in [-0.4, -0.2) is 19.9 Å². The smallest absolute Gasteiger partial charge is 0.418 e. The maximum absolute atomic E-state index is 13.5. The van der Waals surface area contributed by atoms with Gasteiger partial charge in [-0.3, -0.25) is 4.98 Å². The summed E-state index contributed by atoms with van der Waals surface area (Å²) in [6.07, 6.45) is -2.44. The summed E-state index contributed by atoms with van der Waals surface area (Å²) in [5.41, 5.74) is 1.07. The number of nitrogens with one attached hydrogen (secondary N) is 1. The molecule has 0 spiro atoms. The molecule has 182 valence electrons. The Morgan fingerprint density at radius 2 is 1.66 bits per heavy atom. The van der Waals surface area contributed by atoms with E-state index < -0.39 is 21.8 Å². The van der Waals surface area contributed by atoms with Crippen LogP contribution in [-0.2, 0) is 16.2 Å². The van der Waals surface area contributed by atoms with Crippen molar-refractivity contribution in [2.24, 2.45) is 0 Å². The van der Waals surface area contributed by atoms with E-state index in [0.29, 0.717) is 46.5 Å². The van der Waals surface area contributed by atoms with E-state index in [-0.39, 0.29) is 10.4 Å². The number of aryl methyl sites for hydroxylation is 1. The zero-order chi connectivity index (χ0) is 25.2. The quantitative estimate of drug-likeness (QED) is 0.306. The molecule has 1 aromatic heterocycles. The maximum atomic E-state index is 13.5. The summed E-state index contributed by atoms with van der Waals surface area (Å²) < 4.78 is 73.9. The van der Waals surface area contributed by atoms with Gasteiger partial charge in [0.15, 0.2) is 0 Å². The summed E-state index contributed by atoms with van der Waals surface area (Å²) in [7, 11) is -3.66. The van der Waals surface area contributed by atoms with Crippen molar-refractivity contribution >= 4 is 20.9 Å². The molecule has 0 radical (unpaired) electrons. The first kappa shape index (κ1) is 24.7. The van der Waals surface area contributed by atoms with Crippen LogP contribution in [0.3, 0.4) is 0 Å². The number of pyridine rings is 1. The molecule has 0 aliphatic rings. The standard InChI is InChI=1S/C26H23F3N2O3S/c1-3-13-31-35(32,33)21-10-5-9-20(15-21)34-19-8-4-7-18(14-19)24-17(2)16-30-25-22(24)11-6-12-23(25)26(27,28)29/h4-12,14-16,31H,3,13H2,1-2H3. The average Bonchev–Trinajstić information content (AvgIpc) is 2.82. The number of nitrogens with zero attached hydrogens (tertiary/aromatic N) is 1. The van der Waals surface area contributed by atoms with Crippen molar-refractivity contribution in [2.75, 3.05) is 6.54 Å². The van der Waals surface area contributed by atoms with Crippen molar-refractivity contribution in [1.82, 2.24) is 9.71 Å². The second-order valence-electron chi connectivity index (χ2n) is 8.02. The van der Waals surface area contributed by atoms with Crippen molar-refractivity contribution in [3.63, 3.8) is 0 Å². The Balaban J connectivity index is 1.72. The first-order valence-electron chi connectivity index (χ1n) is 10.9. The van der Waals surface area contributed by atoms with Crippen LogP contribution in [0.4, 0.5) is 13.2 Å². The number of hydrogen-bond acceptors (Lipinski definition) is 4. The van der Waals surface area contributed by atoms with Gasteiger partial charge in [0.05, 0.1) is 16.0 Å². The molecule has 0 saturated carbocycles. The minimum atomic E-state index is -4.53. The van der Waals surface area contributed by atoms with Crippen molar-refractivity contribution in [3.8, 4) is 22.6 Å². The molecule has 35 heavy (non-hydrogen) atoms. The van der Waals surface area contributed by atoms with Crippen LogP contribution in [0.5, 0.6) is 11.5 Å². The Bertz CT molecular complexity index is 1490. The molecule has 0 unspecified atom stereocenters. The first-order chi connectivity index (χ1) is 16.6. The number of benzene rings is 3. The third-order valence-electron chi connectivity index (χ3n) is 5.41. The molecular formula is C26H23F3N2O3S. The zero-order valence-electron chi connectivity index (χ0n) is 19.1. The number of alkyl halides is 3. The summed E-state index contributed by atoms with van der Waals surface area (Å²) in [6, 6.07) is 17.0. The molecular weight excluding hydrogens is 477 g/mol. The van der Waals surface area contributed by atoms with Gasteiger partial charge in [0.25, 0.3) is 0 Å². The Kier molecular flexibility index (Phi) is 6.82. The van der Waals surface area contributed by atoms with Crippen molar-refractivity contribution < 1.29 is 26.3 Å². The van der Waals surface area contributed by atoms with Gasteiger partial charge in [0.2, 0.25) is 10.0 Å². The van der Waals surface area contributed by atoms with Crippen molar-refractivity contribution in [3.05, 3.63) is 84.1 Å². The second kappa shape index (κ2) is 9.67. The van der Waals surface area contributed by atoms with Crippen molar-refractivity contribution in [1.29, 1.82) is 0 Å². The van der Waals surface area contributed by atoms with Crippen LogP contribution in [0.2, 0.25) is 0 Å². The average molecular weight is 501 g/mol. The number of para-hydroxylation sites is 1. The van der Waals surface area contributed by atoms with Gasteiger partial charge in [0.1, 0.15) is 11.5 Å². The lowest BCUT2D eigenvalue weighted by Crippen LogP contribution is -2.24. The molecule has 4 aromatic rings. The largest absolute Gasteiger partial charge is 0.457 e. The monoisotopic (exact) mass is 500 g/mol. The highest BCUT2D eigenvalue weighted by Gasteiger charge is 2.33. The molecule has 0 atom stereocenters. The van der Waals surface area contributed by atoms with Crippen LogP contribution in [0.25, 0.3) is 22.0 Å². The number of halogens is 3. The topological polar surface area (TPSA) is 68.3 Å². The molecule has 3 aromatic carbocycles. The Labute approximate surface area is 201 Å². The Morgan fingerprint density at radius 1 is 0.971 bits per heavy atom. The second-order valence-corrected chi connectivity index (χ2v) is 9.79. The molecule has 0 saturated heterocycles. The molecule has 0 fully saturated rings. The van der Waals surface area contributed by atoms with E-state index in [0.717, 1.165) is 6.07 Å². The predicted octanol–water partition coefficient (Wildman–Crippen LogP) is 6.71. The van der Waals surface area contributed by atoms with Crippen LogP contribution < -0.4 is 9.46 Å². The van der Waals surface area contributed by atoms with E-state index in [1.165, 1.54) is 24.4 Å². The summed E-state index contributed by atoms with van der Waals surface area (Å²) in [5, 5.41) is 0.382. The highest BCUT2D eigenvalue weighted by Crippen LogP contribution is 2.39. The van der Waals surface area contributed by atoms with Crippen LogP contribution in [0.15, 0.2) is 77.8 Å². The van der Waals surface area contributed by atoms with Gasteiger partial charge < -0.3 is 4.74 Å². The molecule has 1 N–H and O–H groups in total. The third-order valence-corrected chi connectivity index (χ3v) is 6.87. The highest BCUT2D eigenvalue weighted by atomic mass is 32.2. The summed E-state index contributed by atoms with van der Waals surface area (Å²) >= 11 is 0. The van der Waals surface area contributed by atoms with Gasteiger partial charge in [0, 0.05) is 24.2 Å². The minimum Gasteiger partial charge on any atom is -0.457 e. The fourth-order valence-corrected chi connectivity index (χ4v) is 4.98. The van der Waals surface area contributed by atoms with Crippen molar-refractivity contribution in [2.45, 2.75) is 31.3 Å². The molecule has 0 amide bonds. The van der Waals surface area contributed by atoms with E-state index in [4.69, 9.17) is 4.74 Å². The number of aromatic nitrogens is 1. The fourth-order valence-electron chi connectivity index (χ4n) is 3.81. The number of fused-ring (bicyclic) bond motifs is 1. The van der Waals surface area contributed by atoms with Crippen LogP contribution in [0, 0.1) is 6.92 Å². The number of sulfonamides is 1. The van der Waals surface area contributed by atoms with E-state index >= 15 is 0 Å². The molecule has 1 heterocycles. The number of ether oxygens (including phenoxy) is 1. The van der Waals surface area contributed by atoms with Gasteiger partial charge in [-0.05, 0) is 60.4 Å². The zero-order valence-corrected chi connectivity index (χ0v) is 19.9. The number of hydrogen-bond donors (Lipinski definition) is 1. The van der Waals surface area contributed by atoms with E-state index in [1.807, 2.05) is 6.92 Å². The summed E-state index contributed by atoms with van der Waals surface area (Å²) in [4.78, 5) is 4.14. The molecule has 9 heteroatoms. The predicted molar refractivity (Wildman–Crippen MR) is 129 cm³/mol. The van der Waals surface area contributed by atoms with Crippen LogP contribution in [0.1, 0.15) is 24.5 Å². The maximum Gasteiger partial charge on any atom is 0.418 e. The SMILES string of the molecule is CCCNS(=O)(=O)c1cccc(Oc2cccc(-c3c(C)cnc4c(C(F)(F)F)cccc34)c2)c1. The lowest BCUT2D eigenvalue weighted by molar-refractivity contribution is -0.136. The summed E-state index contributed by atoms with van der Waals surface area (Å²) in [6.45, 7) is 3.98. The van der Waals surface area contributed by atoms with E-state index in [2.05, 4.69) is 9.71 Å². The Hall–Kier alpha value is -3.43. The lowest BCUT2D eigenvalue weighted by Gasteiger charge is -2.15. The van der Waals surface area contributed by atoms with Gasteiger partial charge in [-0.2, -0.15) is 13.2 Å². The molecule has 0 aliphatic heterocycles. The van der Waals surface area contributed by atoms with E-state index in [9.17, 15) is 21.6 Å². The Morgan fingerprint density at radius 3 is 2.37 bits per heavy atom.